The third kappa shape index (κ3) is 27.4. The van der Waals surface area contributed by atoms with Crippen molar-refractivity contribution < 1.29 is 20.1 Å². The minimum atomic E-state index is -1.10. The fourth-order valence-corrected chi connectivity index (χ4v) is 5.10. The van der Waals surface area contributed by atoms with E-state index in [2.05, 4.69) is 43.5 Å². The molecule has 0 bridgehead atoms. The molecule has 3 atom stereocenters. The summed E-state index contributed by atoms with van der Waals surface area (Å²) in [6, 6.07) is -0.816. The lowest BCUT2D eigenvalue weighted by molar-refractivity contribution is -0.131. The number of aliphatic hydroxyl groups excluding tert-OH is 3. The number of carbonyl (C=O) groups is 1. The van der Waals surface area contributed by atoms with Crippen molar-refractivity contribution in [3.8, 4) is 0 Å². The molecular formula is C37H69NO4. The number of aliphatic hydroxyl groups is 3. The average Bonchev–Trinajstić information content (AvgIpc) is 2.99. The number of hydrogen-bond acceptors (Lipinski definition) is 4. The topological polar surface area (TPSA) is 89.8 Å². The zero-order chi connectivity index (χ0) is 30.9. The molecule has 0 radical (unpaired) electrons. The van der Waals surface area contributed by atoms with Crippen LogP contribution in [0, 0.1) is 0 Å². The molecule has 5 heteroatoms. The molecule has 0 saturated heterocycles. The Balaban J connectivity index is 3.85. The molecule has 0 aromatic rings. The molecule has 0 fully saturated rings. The predicted molar refractivity (Wildman–Crippen MR) is 181 cm³/mol. The molecule has 3 unspecified atom stereocenters. The summed E-state index contributed by atoms with van der Waals surface area (Å²) in [4.78, 5) is 12.4. The second-order valence-corrected chi connectivity index (χ2v) is 12.1. The fraction of sp³-hybridized carbons (Fsp3) is 0.811. The Kier molecular flexibility index (Phi) is 31.4. The molecule has 0 aromatic carbocycles. The molecular weight excluding hydrogens is 522 g/mol. The maximum absolute atomic E-state index is 12.4. The largest absolute Gasteiger partial charge is 0.394 e. The molecule has 0 heterocycles. The van der Waals surface area contributed by atoms with Crippen LogP contribution in [-0.2, 0) is 4.79 Å². The van der Waals surface area contributed by atoms with Crippen LogP contribution in [-0.4, -0.2) is 46.1 Å². The Hall–Kier alpha value is -1.43. The average molecular weight is 592 g/mol. The summed E-state index contributed by atoms with van der Waals surface area (Å²) >= 11 is 0. The second-order valence-electron chi connectivity index (χ2n) is 12.1. The zero-order valence-corrected chi connectivity index (χ0v) is 27.6. The van der Waals surface area contributed by atoms with E-state index in [-0.39, 0.29) is 6.61 Å². The number of amides is 1. The van der Waals surface area contributed by atoms with E-state index in [4.69, 9.17) is 0 Å². The molecule has 42 heavy (non-hydrogen) atoms. The SMILES string of the molecule is CCCCCCC/C=C/CC/C=C/CC/C=C/C(O)C(CO)NC(=O)C(O)CCCCCCCCCCCCCCC. The Morgan fingerprint density at radius 1 is 0.571 bits per heavy atom. The summed E-state index contributed by atoms with van der Waals surface area (Å²) < 4.78 is 0. The lowest BCUT2D eigenvalue weighted by Gasteiger charge is -2.21. The third-order valence-corrected chi connectivity index (χ3v) is 7.96. The van der Waals surface area contributed by atoms with Crippen molar-refractivity contribution in [3.05, 3.63) is 36.5 Å². The Bertz CT molecular complexity index is 660. The van der Waals surface area contributed by atoms with Crippen molar-refractivity contribution in [1.29, 1.82) is 0 Å². The number of hydrogen-bond donors (Lipinski definition) is 4. The van der Waals surface area contributed by atoms with Gasteiger partial charge < -0.3 is 20.6 Å². The van der Waals surface area contributed by atoms with Crippen LogP contribution in [0.1, 0.15) is 168 Å². The van der Waals surface area contributed by atoms with Crippen molar-refractivity contribution >= 4 is 5.91 Å². The highest BCUT2D eigenvalue weighted by molar-refractivity contribution is 5.80. The van der Waals surface area contributed by atoms with E-state index in [1.807, 2.05) is 6.08 Å². The van der Waals surface area contributed by atoms with Crippen molar-refractivity contribution in [2.24, 2.45) is 0 Å². The fourth-order valence-electron chi connectivity index (χ4n) is 5.10. The van der Waals surface area contributed by atoms with Gasteiger partial charge in [0.05, 0.1) is 18.8 Å². The Labute approximate surface area is 260 Å². The highest BCUT2D eigenvalue weighted by Gasteiger charge is 2.22. The van der Waals surface area contributed by atoms with Gasteiger partial charge in [0.2, 0.25) is 5.91 Å². The summed E-state index contributed by atoms with van der Waals surface area (Å²) in [5.41, 5.74) is 0. The van der Waals surface area contributed by atoms with E-state index in [1.54, 1.807) is 6.08 Å². The first kappa shape index (κ1) is 40.6. The second kappa shape index (κ2) is 32.5. The van der Waals surface area contributed by atoms with Crippen molar-refractivity contribution in [3.63, 3.8) is 0 Å². The molecule has 0 aliphatic rings. The molecule has 0 rings (SSSR count). The number of nitrogens with one attached hydrogen (secondary N) is 1. The first-order valence-corrected chi connectivity index (χ1v) is 17.8. The molecule has 5 nitrogen and oxygen atoms in total. The maximum Gasteiger partial charge on any atom is 0.249 e. The lowest BCUT2D eigenvalue weighted by atomic mass is 10.0. The van der Waals surface area contributed by atoms with Crippen LogP contribution < -0.4 is 5.32 Å². The third-order valence-electron chi connectivity index (χ3n) is 7.96. The molecule has 1 amide bonds. The summed E-state index contributed by atoms with van der Waals surface area (Å²) in [5, 5.41) is 32.9. The lowest BCUT2D eigenvalue weighted by Crippen LogP contribution is -2.48. The minimum absolute atomic E-state index is 0.380. The van der Waals surface area contributed by atoms with Crippen molar-refractivity contribution in [1.82, 2.24) is 5.32 Å². The van der Waals surface area contributed by atoms with Crippen LogP contribution in [0.5, 0.6) is 0 Å². The van der Waals surface area contributed by atoms with Crippen LogP contribution in [0.4, 0.5) is 0 Å². The van der Waals surface area contributed by atoms with Crippen molar-refractivity contribution in [2.75, 3.05) is 6.61 Å². The van der Waals surface area contributed by atoms with Crippen LogP contribution in [0.15, 0.2) is 36.5 Å². The molecule has 0 saturated carbocycles. The standard InChI is InChI=1S/C37H69NO4/c1-3-5-7-9-11-13-15-17-18-20-21-23-25-27-29-31-35(40)34(33-39)38-37(42)36(41)32-30-28-26-24-22-19-16-14-12-10-8-6-4-2/h15,17,21,23,29,31,34-36,39-41H,3-14,16,18-20,22,24-28,30,32-33H2,1-2H3,(H,38,42)/b17-15+,23-21+,31-29+. The monoisotopic (exact) mass is 592 g/mol. The van der Waals surface area contributed by atoms with Crippen LogP contribution in [0.25, 0.3) is 0 Å². The number of unbranched alkanes of at least 4 members (excludes halogenated alkanes) is 19. The quantitative estimate of drug-likeness (QED) is 0.0478. The molecule has 4 N–H and O–H groups in total. The molecule has 246 valence electrons. The smallest absolute Gasteiger partial charge is 0.249 e. The van der Waals surface area contributed by atoms with E-state index >= 15 is 0 Å². The Morgan fingerprint density at radius 3 is 1.45 bits per heavy atom. The van der Waals surface area contributed by atoms with E-state index < -0.39 is 24.2 Å². The zero-order valence-electron chi connectivity index (χ0n) is 27.6. The summed E-state index contributed by atoms with van der Waals surface area (Å²) in [7, 11) is 0. The van der Waals surface area contributed by atoms with Gasteiger partial charge in [-0.25, -0.2) is 0 Å². The number of rotatable bonds is 31. The van der Waals surface area contributed by atoms with Crippen LogP contribution in [0.3, 0.4) is 0 Å². The minimum Gasteiger partial charge on any atom is -0.394 e. The van der Waals surface area contributed by atoms with Gasteiger partial charge in [0.25, 0.3) is 0 Å². The maximum atomic E-state index is 12.4. The summed E-state index contributed by atoms with van der Waals surface area (Å²) in [6.07, 6.45) is 38.7. The van der Waals surface area contributed by atoms with Gasteiger partial charge in [-0.1, -0.05) is 159 Å². The van der Waals surface area contributed by atoms with Gasteiger partial charge in [0.15, 0.2) is 0 Å². The van der Waals surface area contributed by atoms with Crippen molar-refractivity contribution in [2.45, 2.75) is 186 Å². The first-order valence-electron chi connectivity index (χ1n) is 17.8. The van der Waals surface area contributed by atoms with Crippen LogP contribution >= 0.6 is 0 Å². The van der Waals surface area contributed by atoms with Gasteiger partial charge in [-0.05, 0) is 44.9 Å². The molecule has 0 spiro atoms. The summed E-state index contributed by atoms with van der Waals surface area (Å²) in [5.74, 6) is -0.520. The van der Waals surface area contributed by atoms with Crippen LogP contribution in [0.2, 0.25) is 0 Å². The predicted octanol–water partition coefficient (Wildman–Crippen LogP) is 9.26. The van der Waals surface area contributed by atoms with Gasteiger partial charge in [0.1, 0.15) is 6.10 Å². The highest BCUT2D eigenvalue weighted by Crippen LogP contribution is 2.14. The molecule has 0 aromatic heterocycles. The van der Waals surface area contributed by atoms with Gasteiger partial charge in [-0.2, -0.15) is 0 Å². The van der Waals surface area contributed by atoms with Gasteiger partial charge in [0, 0.05) is 0 Å². The number of carbonyl (C=O) groups excluding carboxylic acids is 1. The normalized spacial score (nSPS) is 14.3. The van der Waals surface area contributed by atoms with Gasteiger partial charge in [-0.3, -0.25) is 4.79 Å². The number of allylic oxidation sites excluding steroid dienone is 5. The molecule has 0 aliphatic carbocycles. The first-order chi connectivity index (χ1) is 20.6. The summed E-state index contributed by atoms with van der Waals surface area (Å²) in [6.45, 7) is 4.12. The van der Waals surface area contributed by atoms with E-state index in [0.717, 1.165) is 44.9 Å². The van der Waals surface area contributed by atoms with Gasteiger partial charge >= 0.3 is 0 Å². The highest BCUT2D eigenvalue weighted by atomic mass is 16.3. The molecule has 0 aliphatic heterocycles. The van der Waals surface area contributed by atoms with Gasteiger partial charge in [-0.15, -0.1) is 0 Å². The van der Waals surface area contributed by atoms with E-state index in [1.165, 1.54) is 103 Å². The van der Waals surface area contributed by atoms with E-state index in [0.29, 0.717) is 6.42 Å². The Morgan fingerprint density at radius 2 is 0.976 bits per heavy atom. The van der Waals surface area contributed by atoms with E-state index in [9.17, 15) is 20.1 Å².